The molecule has 1 aromatic heterocycles. The normalized spacial score (nSPS) is 10.3. The molecule has 8 heteroatoms. The van der Waals surface area contributed by atoms with Gasteiger partial charge >= 0.3 is 0 Å². The number of aromatic nitrogens is 1. The molecule has 0 saturated heterocycles. The molecule has 138 valence electrons. The molecule has 0 unspecified atom stereocenters. The zero-order valence-electron chi connectivity index (χ0n) is 14.4. The third-order valence-electron chi connectivity index (χ3n) is 3.50. The molecular weight excluding hydrogens is 370 g/mol. The van der Waals surface area contributed by atoms with Crippen LogP contribution < -0.4 is 15.4 Å². The number of amides is 2. The fourth-order valence-electron chi connectivity index (χ4n) is 2.23. The molecule has 0 aliphatic rings. The molecule has 3 rings (SSSR count). The van der Waals surface area contributed by atoms with Gasteiger partial charge in [0.05, 0.1) is 10.6 Å². The Labute approximate surface area is 160 Å². The lowest BCUT2D eigenvalue weighted by Crippen LogP contribution is -2.20. The number of hydrogen-bond acceptors (Lipinski definition) is 5. The Balaban J connectivity index is 1.52. The van der Waals surface area contributed by atoms with Gasteiger partial charge in [0.15, 0.2) is 12.4 Å². The van der Waals surface area contributed by atoms with Crippen LogP contribution >= 0.6 is 11.6 Å². The lowest BCUT2D eigenvalue weighted by molar-refractivity contribution is -0.118. The maximum Gasteiger partial charge on any atom is 0.263 e. The van der Waals surface area contributed by atoms with Crippen molar-refractivity contribution < 1.29 is 18.8 Å². The molecule has 2 N–H and O–H groups in total. The molecular formula is C19H16ClN3O4. The summed E-state index contributed by atoms with van der Waals surface area (Å²) in [6, 6.07) is 15.0. The van der Waals surface area contributed by atoms with Gasteiger partial charge in [-0.2, -0.15) is 0 Å². The molecule has 7 nitrogen and oxygen atoms in total. The molecule has 0 fully saturated rings. The second-order valence-corrected chi connectivity index (χ2v) is 6.03. The molecule has 0 spiro atoms. The Hall–Kier alpha value is -3.32. The van der Waals surface area contributed by atoms with E-state index < -0.39 is 0 Å². The van der Waals surface area contributed by atoms with Crippen molar-refractivity contribution >= 4 is 34.9 Å². The van der Waals surface area contributed by atoms with Gasteiger partial charge in [-0.1, -0.05) is 28.9 Å². The Bertz CT molecular complexity index is 954. The summed E-state index contributed by atoms with van der Waals surface area (Å²) in [4.78, 5) is 24.0. The summed E-state index contributed by atoms with van der Waals surface area (Å²) in [5.41, 5.74) is 0.967. The van der Waals surface area contributed by atoms with Gasteiger partial charge in [0.2, 0.25) is 0 Å². The first-order valence-electron chi connectivity index (χ1n) is 8.03. The second-order valence-electron chi connectivity index (χ2n) is 5.62. The third kappa shape index (κ3) is 5.08. The van der Waals surface area contributed by atoms with Crippen LogP contribution in [0.2, 0.25) is 5.02 Å². The van der Waals surface area contributed by atoms with E-state index in [9.17, 15) is 9.59 Å². The number of rotatable bonds is 6. The van der Waals surface area contributed by atoms with Crippen molar-refractivity contribution in [1.29, 1.82) is 0 Å². The highest BCUT2D eigenvalue weighted by Crippen LogP contribution is 2.19. The summed E-state index contributed by atoms with van der Waals surface area (Å²) in [6.07, 6.45) is 0. The maximum atomic E-state index is 12.2. The van der Waals surface area contributed by atoms with Crippen molar-refractivity contribution in [3.63, 3.8) is 0 Å². The summed E-state index contributed by atoms with van der Waals surface area (Å²) in [5.74, 6) is 0.743. The smallest absolute Gasteiger partial charge is 0.263 e. The lowest BCUT2D eigenvalue weighted by atomic mass is 10.2. The van der Waals surface area contributed by atoms with Crippen LogP contribution in [0.5, 0.6) is 5.75 Å². The van der Waals surface area contributed by atoms with Gasteiger partial charge in [0, 0.05) is 11.8 Å². The summed E-state index contributed by atoms with van der Waals surface area (Å²) in [6.45, 7) is 1.54. The lowest BCUT2D eigenvalue weighted by Gasteiger charge is -2.09. The minimum Gasteiger partial charge on any atom is -0.484 e. The van der Waals surface area contributed by atoms with Gasteiger partial charge < -0.3 is 19.9 Å². The largest absolute Gasteiger partial charge is 0.484 e. The van der Waals surface area contributed by atoms with E-state index >= 15 is 0 Å². The Morgan fingerprint density at radius 1 is 1.11 bits per heavy atom. The number of carbonyl (C=O) groups is 2. The molecule has 0 aliphatic heterocycles. The van der Waals surface area contributed by atoms with E-state index in [1.165, 1.54) is 0 Å². The van der Waals surface area contributed by atoms with E-state index in [1.807, 2.05) is 0 Å². The minimum absolute atomic E-state index is 0.183. The summed E-state index contributed by atoms with van der Waals surface area (Å²) in [5, 5.41) is 9.35. The number of ether oxygens (including phenoxy) is 1. The number of carbonyl (C=O) groups excluding carboxylic acids is 2. The number of benzene rings is 2. The van der Waals surface area contributed by atoms with Crippen LogP contribution in [0.25, 0.3) is 0 Å². The fourth-order valence-corrected chi connectivity index (χ4v) is 2.45. The molecule has 27 heavy (non-hydrogen) atoms. The topological polar surface area (TPSA) is 93.5 Å². The van der Waals surface area contributed by atoms with Crippen molar-refractivity contribution in [3.05, 3.63) is 70.9 Å². The van der Waals surface area contributed by atoms with Crippen molar-refractivity contribution in [3.8, 4) is 5.75 Å². The van der Waals surface area contributed by atoms with E-state index in [0.717, 1.165) is 0 Å². The van der Waals surface area contributed by atoms with Gasteiger partial charge in [0.25, 0.3) is 11.8 Å². The summed E-state index contributed by atoms with van der Waals surface area (Å²) in [7, 11) is 0. The highest BCUT2D eigenvalue weighted by molar-refractivity contribution is 6.34. The highest BCUT2D eigenvalue weighted by atomic mass is 35.5. The Morgan fingerprint density at radius 3 is 2.52 bits per heavy atom. The van der Waals surface area contributed by atoms with E-state index in [-0.39, 0.29) is 18.4 Å². The predicted molar refractivity (Wildman–Crippen MR) is 101 cm³/mol. The van der Waals surface area contributed by atoms with Crippen LogP contribution in [0.1, 0.15) is 16.1 Å². The van der Waals surface area contributed by atoms with Crippen LogP contribution in [0.15, 0.2) is 59.1 Å². The van der Waals surface area contributed by atoms with E-state index in [0.29, 0.717) is 33.6 Å². The zero-order valence-corrected chi connectivity index (χ0v) is 15.1. The Morgan fingerprint density at radius 2 is 1.85 bits per heavy atom. The SMILES string of the molecule is Cc1cc(NC(=O)COc2ccc(NC(=O)c3ccccc3Cl)cc2)no1. The van der Waals surface area contributed by atoms with Gasteiger partial charge in [0.1, 0.15) is 11.5 Å². The number of nitrogens with zero attached hydrogens (tertiary/aromatic N) is 1. The maximum absolute atomic E-state index is 12.2. The van der Waals surface area contributed by atoms with Crippen molar-refractivity contribution in [2.45, 2.75) is 6.92 Å². The van der Waals surface area contributed by atoms with E-state index in [1.54, 1.807) is 61.5 Å². The average molecular weight is 386 g/mol. The number of aryl methyl sites for hydroxylation is 1. The molecule has 0 aliphatic carbocycles. The summed E-state index contributed by atoms with van der Waals surface area (Å²) < 4.78 is 10.3. The number of halogens is 1. The molecule has 0 saturated carbocycles. The molecule has 0 bridgehead atoms. The van der Waals surface area contributed by atoms with Crippen LogP contribution in [0, 0.1) is 6.92 Å². The van der Waals surface area contributed by atoms with Crippen LogP contribution in [-0.2, 0) is 4.79 Å². The third-order valence-corrected chi connectivity index (χ3v) is 3.83. The molecule has 0 radical (unpaired) electrons. The van der Waals surface area contributed by atoms with Crippen LogP contribution in [0.3, 0.4) is 0 Å². The molecule has 2 amide bonds. The van der Waals surface area contributed by atoms with E-state index in [4.69, 9.17) is 20.9 Å². The van der Waals surface area contributed by atoms with E-state index in [2.05, 4.69) is 15.8 Å². The first kappa shape index (κ1) is 18.5. The first-order chi connectivity index (χ1) is 13.0. The fraction of sp³-hybridized carbons (Fsp3) is 0.105. The first-order valence-corrected chi connectivity index (χ1v) is 8.41. The summed E-state index contributed by atoms with van der Waals surface area (Å²) >= 11 is 6.01. The molecule has 0 atom stereocenters. The average Bonchev–Trinajstić information content (AvgIpc) is 3.06. The highest BCUT2D eigenvalue weighted by Gasteiger charge is 2.10. The van der Waals surface area contributed by atoms with Crippen molar-refractivity contribution in [2.24, 2.45) is 0 Å². The number of anilines is 2. The van der Waals surface area contributed by atoms with Gasteiger partial charge in [-0.25, -0.2) is 0 Å². The molecule has 1 heterocycles. The Kier molecular flexibility index (Phi) is 5.73. The quantitative estimate of drug-likeness (QED) is 0.671. The molecule has 3 aromatic rings. The minimum atomic E-state index is -0.362. The second kappa shape index (κ2) is 8.37. The zero-order chi connectivity index (χ0) is 19.2. The van der Waals surface area contributed by atoms with Crippen LogP contribution in [0.4, 0.5) is 11.5 Å². The monoisotopic (exact) mass is 385 g/mol. The van der Waals surface area contributed by atoms with Crippen molar-refractivity contribution in [2.75, 3.05) is 17.2 Å². The molecule has 2 aromatic carbocycles. The van der Waals surface area contributed by atoms with Gasteiger partial charge in [-0.05, 0) is 43.3 Å². The number of nitrogens with one attached hydrogen (secondary N) is 2. The predicted octanol–water partition coefficient (Wildman–Crippen LogP) is 3.91. The van der Waals surface area contributed by atoms with Gasteiger partial charge in [-0.15, -0.1) is 0 Å². The standard InChI is InChI=1S/C19H16ClN3O4/c1-12-10-17(23-27-12)22-18(24)11-26-14-8-6-13(7-9-14)21-19(25)15-4-2-3-5-16(15)20/h2-10H,11H2,1H3,(H,21,25)(H,22,23,24). The number of hydrogen-bond donors (Lipinski definition) is 2. The van der Waals surface area contributed by atoms with Gasteiger partial charge in [-0.3, -0.25) is 9.59 Å². The van der Waals surface area contributed by atoms with Crippen molar-refractivity contribution in [1.82, 2.24) is 5.16 Å². The van der Waals surface area contributed by atoms with Crippen LogP contribution in [-0.4, -0.2) is 23.6 Å².